The van der Waals surface area contributed by atoms with Crippen molar-refractivity contribution in [2.24, 2.45) is 17.8 Å². The Morgan fingerprint density at radius 3 is 2.82 bits per heavy atom. The number of nitrogens with one attached hydrogen (secondary N) is 1. The first-order valence-corrected chi connectivity index (χ1v) is 9.31. The number of carbonyl (C=O) groups is 1. The first kappa shape index (κ1) is 14.5. The fourth-order valence-electron chi connectivity index (χ4n) is 4.45. The predicted molar refractivity (Wildman–Crippen MR) is 92.7 cm³/mol. The Bertz CT molecular complexity index is 725. The number of fused-ring (bicyclic) bond motifs is 3. The van der Waals surface area contributed by atoms with Gasteiger partial charge < -0.3 is 5.32 Å². The van der Waals surface area contributed by atoms with Crippen molar-refractivity contribution < 1.29 is 4.79 Å². The van der Waals surface area contributed by atoms with Crippen LogP contribution in [0.2, 0.25) is 5.02 Å². The van der Waals surface area contributed by atoms with Crippen LogP contribution in [-0.2, 0) is 0 Å². The third kappa shape index (κ3) is 2.35. The van der Waals surface area contributed by atoms with E-state index in [1.165, 1.54) is 37.0 Å². The van der Waals surface area contributed by atoms with Gasteiger partial charge in [0.1, 0.15) is 4.88 Å². The third-order valence-corrected chi connectivity index (χ3v) is 7.21. The number of hydrogen-bond donors (Lipinski definition) is 1. The van der Waals surface area contributed by atoms with Gasteiger partial charge in [0, 0.05) is 16.1 Å². The van der Waals surface area contributed by atoms with Crippen LogP contribution in [0.4, 0.5) is 0 Å². The summed E-state index contributed by atoms with van der Waals surface area (Å²) in [4.78, 5) is 13.3. The average Bonchev–Trinajstić information content (AvgIpc) is 3.22. The van der Waals surface area contributed by atoms with Crippen molar-refractivity contribution in [2.75, 3.05) is 0 Å². The van der Waals surface area contributed by atoms with E-state index in [0.29, 0.717) is 15.8 Å². The van der Waals surface area contributed by atoms with Crippen LogP contribution in [0.1, 0.15) is 42.3 Å². The molecule has 22 heavy (non-hydrogen) atoms. The summed E-state index contributed by atoms with van der Waals surface area (Å²) in [6.45, 7) is 2.16. The van der Waals surface area contributed by atoms with Gasteiger partial charge in [-0.05, 0) is 50.0 Å². The Morgan fingerprint density at radius 2 is 2.14 bits per heavy atom. The molecule has 0 radical (unpaired) electrons. The van der Waals surface area contributed by atoms with Gasteiger partial charge in [-0.25, -0.2) is 0 Å². The molecule has 2 bridgehead atoms. The number of amides is 1. The van der Waals surface area contributed by atoms with Gasteiger partial charge in [0.2, 0.25) is 0 Å². The molecule has 2 aliphatic carbocycles. The number of carbonyl (C=O) groups excluding carboxylic acids is 1. The molecule has 2 saturated carbocycles. The van der Waals surface area contributed by atoms with E-state index < -0.39 is 0 Å². The standard InChI is InChI=1S/C18H20ClNOS/c1-10(14-9-11-6-7-12(14)8-11)20-18(21)17-16(19)13-4-2-3-5-15(13)22-17/h2-5,10-12,14H,6-9H2,1H3,(H,20,21)/t10-,11-,12-,14+/m0/s1. The summed E-state index contributed by atoms with van der Waals surface area (Å²) in [6.07, 6.45) is 5.39. The smallest absolute Gasteiger partial charge is 0.263 e. The minimum atomic E-state index is -0.0125. The van der Waals surface area contributed by atoms with Crippen molar-refractivity contribution in [3.63, 3.8) is 0 Å². The Labute approximate surface area is 139 Å². The van der Waals surface area contributed by atoms with Crippen molar-refractivity contribution in [2.45, 2.75) is 38.6 Å². The van der Waals surface area contributed by atoms with Gasteiger partial charge in [-0.1, -0.05) is 36.2 Å². The SMILES string of the molecule is C[C@H](NC(=O)c1sc2ccccc2c1Cl)[C@H]1C[C@H]2CC[C@H]1C2. The lowest BCUT2D eigenvalue weighted by molar-refractivity contribution is 0.0919. The van der Waals surface area contributed by atoms with Gasteiger partial charge in [-0.2, -0.15) is 0 Å². The molecule has 1 heterocycles. The van der Waals surface area contributed by atoms with Gasteiger partial charge >= 0.3 is 0 Å². The first-order valence-electron chi connectivity index (χ1n) is 8.11. The summed E-state index contributed by atoms with van der Waals surface area (Å²) in [5, 5.41) is 4.79. The maximum Gasteiger partial charge on any atom is 0.263 e. The normalized spacial score (nSPS) is 28.2. The van der Waals surface area contributed by atoms with Crippen molar-refractivity contribution in [1.82, 2.24) is 5.32 Å². The zero-order valence-corrected chi connectivity index (χ0v) is 14.2. The highest BCUT2D eigenvalue weighted by Crippen LogP contribution is 2.49. The van der Waals surface area contributed by atoms with Gasteiger partial charge in [0.05, 0.1) is 5.02 Å². The molecular formula is C18H20ClNOS. The summed E-state index contributed by atoms with van der Waals surface area (Å²) in [6, 6.07) is 8.17. The predicted octanol–water partition coefficient (Wildman–Crippen LogP) is 5.11. The minimum Gasteiger partial charge on any atom is -0.349 e. The number of benzene rings is 1. The molecule has 0 spiro atoms. The lowest BCUT2D eigenvalue weighted by atomic mass is 9.84. The molecule has 116 valence electrons. The fourth-order valence-corrected chi connectivity index (χ4v) is 5.87. The second-order valence-electron chi connectivity index (χ2n) is 6.84. The highest BCUT2D eigenvalue weighted by Gasteiger charge is 2.42. The summed E-state index contributed by atoms with van der Waals surface area (Å²) >= 11 is 7.90. The van der Waals surface area contributed by atoms with E-state index in [1.807, 2.05) is 24.3 Å². The number of rotatable bonds is 3. The molecule has 1 N–H and O–H groups in total. The number of thiophene rings is 1. The van der Waals surface area contributed by atoms with Crippen LogP contribution < -0.4 is 5.32 Å². The topological polar surface area (TPSA) is 29.1 Å². The molecule has 2 nitrogen and oxygen atoms in total. The molecule has 1 amide bonds. The largest absolute Gasteiger partial charge is 0.349 e. The Balaban J connectivity index is 1.52. The fraction of sp³-hybridized carbons (Fsp3) is 0.500. The van der Waals surface area contributed by atoms with Gasteiger partial charge in [-0.3, -0.25) is 4.79 Å². The van der Waals surface area contributed by atoms with Crippen LogP contribution in [0.25, 0.3) is 10.1 Å². The summed E-state index contributed by atoms with van der Waals surface area (Å²) in [7, 11) is 0. The molecule has 0 unspecified atom stereocenters. The van der Waals surface area contributed by atoms with Crippen LogP contribution >= 0.6 is 22.9 Å². The van der Waals surface area contributed by atoms with E-state index in [-0.39, 0.29) is 11.9 Å². The van der Waals surface area contributed by atoms with Crippen molar-refractivity contribution >= 4 is 38.9 Å². The van der Waals surface area contributed by atoms with Crippen molar-refractivity contribution in [1.29, 1.82) is 0 Å². The molecule has 4 atom stereocenters. The van der Waals surface area contributed by atoms with E-state index in [0.717, 1.165) is 21.9 Å². The van der Waals surface area contributed by atoms with E-state index in [2.05, 4.69) is 12.2 Å². The quantitative estimate of drug-likeness (QED) is 0.830. The minimum absolute atomic E-state index is 0.0125. The van der Waals surface area contributed by atoms with Crippen LogP contribution in [0.3, 0.4) is 0 Å². The lowest BCUT2D eigenvalue weighted by Gasteiger charge is -2.28. The molecule has 2 fully saturated rings. The molecular weight excluding hydrogens is 314 g/mol. The number of hydrogen-bond acceptors (Lipinski definition) is 2. The van der Waals surface area contributed by atoms with Gasteiger partial charge in [-0.15, -0.1) is 11.3 Å². The van der Waals surface area contributed by atoms with Crippen LogP contribution in [0.15, 0.2) is 24.3 Å². The molecule has 1 aromatic heterocycles. The third-order valence-electron chi connectivity index (χ3n) is 5.53. The van der Waals surface area contributed by atoms with Crippen LogP contribution in [0.5, 0.6) is 0 Å². The van der Waals surface area contributed by atoms with Gasteiger partial charge in [0.15, 0.2) is 0 Å². The highest BCUT2D eigenvalue weighted by molar-refractivity contribution is 7.21. The van der Waals surface area contributed by atoms with Crippen molar-refractivity contribution in [3.8, 4) is 0 Å². The molecule has 0 saturated heterocycles. The Morgan fingerprint density at radius 1 is 1.32 bits per heavy atom. The molecule has 4 rings (SSSR count). The Hall–Kier alpha value is -1.06. The van der Waals surface area contributed by atoms with E-state index in [9.17, 15) is 4.79 Å². The second kappa shape index (κ2) is 5.54. The zero-order chi connectivity index (χ0) is 15.3. The molecule has 0 aliphatic heterocycles. The maximum absolute atomic E-state index is 12.6. The maximum atomic E-state index is 12.6. The summed E-state index contributed by atoms with van der Waals surface area (Å²) < 4.78 is 1.07. The van der Waals surface area contributed by atoms with Crippen LogP contribution in [0, 0.1) is 17.8 Å². The molecule has 2 aliphatic rings. The second-order valence-corrected chi connectivity index (χ2v) is 8.27. The van der Waals surface area contributed by atoms with E-state index in [1.54, 1.807) is 0 Å². The van der Waals surface area contributed by atoms with E-state index >= 15 is 0 Å². The summed E-state index contributed by atoms with van der Waals surface area (Å²) in [5.74, 6) is 2.36. The first-order chi connectivity index (χ1) is 10.6. The average molecular weight is 334 g/mol. The molecule has 4 heteroatoms. The summed E-state index contributed by atoms with van der Waals surface area (Å²) in [5.41, 5.74) is 0. The molecule has 1 aromatic carbocycles. The lowest BCUT2D eigenvalue weighted by Crippen LogP contribution is -2.39. The Kier molecular flexibility index (Phi) is 3.66. The monoisotopic (exact) mass is 333 g/mol. The van der Waals surface area contributed by atoms with Crippen LogP contribution in [-0.4, -0.2) is 11.9 Å². The van der Waals surface area contributed by atoms with E-state index in [4.69, 9.17) is 11.6 Å². The number of halogens is 1. The zero-order valence-electron chi connectivity index (χ0n) is 12.6. The molecule has 2 aromatic rings. The highest BCUT2D eigenvalue weighted by atomic mass is 35.5. The van der Waals surface area contributed by atoms with Gasteiger partial charge in [0.25, 0.3) is 5.91 Å². The van der Waals surface area contributed by atoms with Crippen molar-refractivity contribution in [3.05, 3.63) is 34.2 Å².